The van der Waals surface area contributed by atoms with Crippen LogP contribution in [0.15, 0.2) is 66.7 Å². The van der Waals surface area contributed by atoms with Gasteiger partial charge in [-0.1, -0.05) is 12.1 Å². The van der Waals surface area contributed by atoms with E-state index in [0.29, 0.717) is 33.9 Å². The van der Waals surface area contributed by atoms with Crippen LogP contribution < -0.4 is 14.8 Å². The molecule has 3 aromatic rings. The molecule has 0 saturated heterocycles. The van der Waals surface area contributed by atoms with Gasteiger partial charge in [0.1, 0.15) is 11.5 Å². The van der Waals surface area contributed by atoms with Crippen LogP contribution in [-0.2, 0) is 24.1 Å². The summed E-state index contributed by atoms with van der Waals surface area (Å²) in [6.45, 7) is 1.69. The molecule has 6 nitrogen and oxygen atoms in total. The fourth-order valence-corrected chi connectivity index (χ4v) is 3.82. The van der Waals surface area contributed by atoms with E-state index in [9.17, 15) is 22.8 Å². The van der Waals surface area contributed by atoms with Crippen LogP contribution in [0.4, 0.5) is 18.9 Å². The minimum atomic E-state index is -4.47. The first-order chi connectivity index (χ1) is 16.6. The van der Waals surface area contributed by atoms with Gasteiger partial charge in [0, 0.05) is 29.9 Å². The van der Waals surface area contributed by atoms with Gasteiger partial charge in [-0.15, -0.1) is 0 Å². The highest BCUT2D eigenvalue weighted by atomic mass is 19.4. The topological polar surface area (TPSA) is 67.9 Å². The highest BCUT2D eigenvalue weighted by molar-refractivity contribution is 6.04. The lowest BCUT2D eigenvalue weighted by atomic mass is 10.1. The van der Waals surface area contributed by atoms with Crippen LogP contribution in [0.25, 0.3) is 0 Å². The third-order valence-electron chi connectivity index (χ3n) is 5.62. The molecule has 4 rings (SSSR count). The lowest BCUT2D eigenvalue weighted by Gasteiger charge is -2.22. The summed E-state index contributed by atoms with van der Waals surface area (Å²) in [4.78, 5) is 27.0. The van der Waals surface area contributed by atoms with Crippen LogP contribution in [0.5, 0.6) is 11.5 Å². The van der Waals surface area contributed by atoms with Gasteiger partial charge in [0.2, 0.25) is 0 Å². The first-order valence-corrected chi connectivity index (χ1v) is 10.8. The number of anilines is 1. The van der Waals surface area contributed by atoms with E-state index < -0.39 is 17.8 Å². The Hall–Kier alpha value is -4.01. The van der Waals surface area contributed by atoms with E-state index in [1.165, 1.54) is 18.1 Å². The number of hydrogen-bond acceptors (Lipinski definition) is 4. The number of hydrogen-bond donors (Lipinski definition) is 1. The van der Waals surface area contributed by atoms with Crippen LogP contribution in [-0.4, -0.2) is 29.9 Å². The van der Waals surface area contributed by atoms with Crippen LogP contribution in [0.1, 0.15) is 34.0 Å². The highest BCUT2D eigenvalue weighted by Crippen LogP contribution is 2.32. The number of amides is 2. The Labute approximate surface area is 200 Å². The van der Waals surface area contributed by atoms with Gasteiger partial charge in [-0.05, 0) is 67.1 Å². The summed E-state index contributed by atoms with van der Waals surface area (Å²) in [5.74, 6) is 0.429. The number of carbonyl (C=O) groups is 2. The minimum Gasteiger partial charge on any atom is -0.497 e. The SMILES string of the molecule is COc1ccc(C(=O)Nc2ccc3c(c2)CN(Cc2cccc(C(F)(F)F)c2)C(=O)[C@@H](C)O3)cc1. The Morgan fingerprint density at radius 1 is 1.11 bits per heavy atom. The van der Waals surface area contributed by atoms with Gasteiger partial charge in [0.25, 0.3) is 11.8 Å². The maximum absolute atomic E-state index is 13.1. The van der Waals surface area contributed by atoms with Crippen LogP contribution in [0, 0.1) is 0 Å². The van der Waals surface area contributed by atoms with E-state index in [1.54, 1.807) is 55.5 Å². The van der Waals surface area contributed by atoms with Crippen molar-refractivity contribution in [2.24, 2.45) is 0 Å². The average Bonchev–Trinajstić information content (AvgIpc) is 2.95. The zero-order chi connectivity index (χ0) is 25.2. The van der Waals surface area contributed by atoms with E-state index in [2.05, 4.69) is 5.32 Å². The van der Waals surface area contributed by atoms with Crippen molar-refractivity contribution < 1.29 is 32.2 Å². The standard InChI is InChI=1S/C26H23F3N2O4/c1-16-25(33)31(14-17-4-3-5-20(12-17)26(27,28)29)15-19-13-21(8-11-23(19)35-16)30-24(32)18-6-9-22(34-2)10-7-18/h3-13,16H,14-15H2,1-2H3,(H,30,32)/t16-/m1/s1. The van der Waals surface area contributed by atoms with Crippen LogP contribution in [0.3, 0.4) is 0 Å². The Morgan fingerprint density at radius 2 is 1.86 bits per heavy atom. The lowest BCUT2D eigenvalue weighted by molar-refractivity contribution is -0.138. The molecule has 0 radical (unpaired) electrons. The maximum Gasteiger partial charge on any atom is 0.416 e. The normalized spacial score (nSPS) is 15.6. The molecule has 1 N–H and O–H groups in total. The Morgan fingerprint density at radius 3 is 2.54 bits per heavy atom. The minimum absolute atomic E-state index is 0.0155. The fraction of sp³-hybridized carbons (Fsp3) is 0.231. The number of nitrogens with zero attached hydrogens (tertiary/aromatic N) is 1. The zero-order valence-corrected chi connectivity index (χ0v) is 19.1. The Bertz CT molecular complexity index is 1240. The third kappa shape index (κ3) is 5.56. The predicted molar refractivity (Wildman–Crippen MR) is 123 cm³/mol. The van der Waals surface area contributed by atoms with Crippen molar-refractivity contribution in [3.63, 3.8) is 0 Å². The van der Waals surface area contributed by atoms with E-state index in [4.69, 9.17) is 9.47 Å². The first kappa shape index (κ1) is 24.1. The van der Waals surface area contributed by atoms with Crippen LogP contribution >= 0.6 is 0 Å². The van der Waals surface area contributed by atoms with Gasteiger partial charge in [-0.3, -0.25) is 9.59 Å². The molecule has 0 spiro atoms. The second kappa shape index (κ2) is 9.69. The summed E-state index contributed by atoms with van der Waals surface area (Å²) in [5.41, 5.74) is 1.14. The molecule has 0 fully saturated rings. The predicted octanol–water partition coefficient (Wildman–Crippen LogP) is 5.28. The summed E-state index contributed by atoms with van der Waals surface area (Å²) in [7, 11) is 1.54. The number of rotatable bonds is 5. The molecule has 3 aromatic carbocycles. The van der Waals surface area contributed by atoms with Crippen LogP contribution in [0.2, 0.25) is 0 Å². The molecule has 1 aliphatic rings. The molecule has 35 heavy (non-hydrogen) atoms. The van der Waals surface area contributed by atoms with Crippen molar-refractivity contribution in [2.45, 2.75) is 32.3 Å². The van der Waals surface area contributed by atoms with Crippen molar-refractivity contribution in [1.82, 2.24) is 4.90 Å². The molecule has 0 bridgehead atoms. The van der Waals surface area contributed by atoms with Gasteiger partial charge in [-0.2, -0.15) is 13.2 Å². The summed E-state index contributed by atoms with van der Waals surface area (Å²) >= 11 is 0. The zero-order valence-electron chi connectivity index (χ0n) is 19.1. The molecule has 182 valence electrons. The van der Waals surface area contributed by atoms with E-state index in [0.717, 1.165) is 12.1 Å². The summed E-state index contributed by atoms with van der Waals surface area (Å²) in [6, 6.07) is 16.6. The number of halogens is 3. The number of fused-ring (bicyclic) bond motifs is 1. The summed E-state index contributed by atoms with van der Waals surface area (Å²) in [6.07, 6.45) is -5.29. The second-order valence-electron chi connectivity index (χ2n) is 8.16. The highest BCUT2D eigenvalue weighted by Gasteiger charge is 2.32. The smallest absolute Gasteiger partial charge is 0.416 e. The number of alkyl halides is 3. The van der Waals surface area contributed by atoms with Gasteiger partial charge in [0.15, 0.2) is 6.10 Å². The van der Waals surface area contributed by atoms with E-state index in [1.807, 2.05) is 0 Å². The molecule has 1 heterocycles. The van der Waals surface area contributed by atoms with Crippen molar-refractivity contribution in [2.75, 3.05) is 12.4 Å². The molecule has 1 atom stereocenters. The van der Waals surface area contributed by atoms with Crippen molar-refractivity contribution in [3.8, 4) is 11.5 Å². The molecule has 0 saturated carbocycles. The van der Waals surface area contributed by atoms with Gasteiger partial charge in [-0.25, -0.2) is 0 Å². The number of benzene rings is 3. The Kier molecular flexibility index (Phi) is 6.68. The molecule has 0 aliphatic carbocycles. The van der Waals surface area contributed by atoms with Gasteiger partial charge < -0.3 is 19.7 Å². The van der Waals surface area contributed by atoms with Crippen molar-refractivity contribution >= 4 is 17.5 Å². The van der Waals surface area contributed by atoms with Crippen molar-refractivity contribution in [3.05, 3.63) is 89.0 Å². The molecule has 0 aromatic heterocycles. The van der Waals surface area contributed by atoms with E-state index >= 15 is 0 Å². The van der Waals surface area contributed by atoms with Crippen molar-refractivity contribution in [1.29, 1.82) is 0 Å². The maximum atomic E-state index is 13.1. The number of nitrogens with one attached hydrogen (secondary N) is 1. The van der Waals surface area contributed by atoms with Gasteiger partial charge in [0.05, 0.1) is 12.7 Å². The second-order valence-corrected chi connectivity index (χ2v) is 8.16. The van der Waals surface area contributed by atoms with Gasteiger partial charge >= 0.3 is 6.18 Å². The summed E-state index contributed by atoms with van der Waals surface area (Å²) < 4.78 is 50.2. The van der Waals surface area contributed by atoms with E-state index in [-0.39, 0.29) is 24.9 Å². The number of carbonyl (C=O) groups excluding carboxylic acids is 2. The average molecular weight is 484 g/mol. The lowest BCUT2D eigenvalue weighted by Crippen LogP contribution is -2.37. The third-order valence-corrected chi connectivity index (χ3v) is 5.62. The molecular weight excluding hydrogens is 461 g/mol. The Balaban J connectivity index is 1.55. The summed E-state index contributed by atoms with van der Waals surface area (Å²) in [5, 5.41) is 2.81. The largest absolute Gasteiger partial charge is 0.497 e. The first-order valence-electron chi connectivity index (χ1n) is 10.8. The molecule has 9 heteroatoms. The molecule has 0 unspecified atom stereocenters. The number of methoxy groups -OCH3 is 1. The number of ether oxygens (including phenoxy) is 2. The molecule has 2 amide bonds. The fourth-order valence-electron chi connectivity index (χ4n) is 3.82. The quantitative estimate of drug-likeness (QED) is 0.536. The molecular formula is C26H23F3N2O4. The molecule has 1 aliphatic heterocycles. The monoisotopic (exact) mass is 484 g/mol.